The van der Waals surface area contributed by atoms with E-state index in [0.29, 0.717) is 12.1 Å². The van der Waals surface area contributed by atoms with E-state index in [9.17, 15) is 19.1 Å². The molecule has 2 aromatic rings. The smallest absolute Gasteiger partial charge is 0.295 e. The van der Waals surface area contributed by atoms with Crippen LogP contribution in [-0.2, 0) is 9.59 Å². The topological polar surface area (TPSA) is 60.9 Å². The van der Waals surface area contributed by atoms with E-state index in [4.69, 9.17) is 0 Å². The highest BCUT2D eigenvalue weighted by Gasteiger charge is 2.46. The van der Waals surface area contributed by atoms with Gasteiger partial charge in [0.2, 0.25) is 0 Å². The Morgan fingerprint density at radius 1 is 1.11 bits per heavy atom. The number of halogens is 1. The van der Waals surface area contributed by atoms with Crippen LogP contribution in [0.1, 0.15) is 22.7 Å². The van der Waals surface area contributed by atoms with Crippen molar-refractivity contribution in [2.24, 2.45) is 0 Å². The normalized spacial score (nSPS) is 18.9. The van der Waals surface area contributed by atoms with Crippen LogP contribution in [0, 0.1) is 12.7 Å². The summed E-state index contributed by atoms with van der Waals surface area (Å²) >= 11 is 0. The van der Waals surface area contributed by atoms with Crippen molar-refractivity contribution >= 4 is 17.4 Å². The molecule has 0 aromatic heterocycles. The molecule has 146 valence electrons. The van der Waals surface area contributed by atoms with E-state index in [2.05, 4.69) is 0 Å². The van der Waals surface area contributed by atoms with Crippen LogP contribution in [0.5, 0.6) is 0 Å². The number of amides is 1. The Bertz CT molecular complexity index is 935. The van der Waals surface area contributed by atoms with E-state index >= 15 is 0 Å². The molecule has 1 saturated heterocycles. The maximum atomic E-state index is 14.6. The van der Waals surface area contributed by atoms with Crippen molar-refractivity contribution in [3.8, 4) is 0 Å². The fraction of sp³-hybridized carbons (Fsp3) is 0.273. The summed E-state index contributed by atoms with van der Waals surface area (Å²) in [5, 5.41) is 10.9. The van der Waals surface area contributed by atoms with Gasteiger partial charge in [-0.15, -0.1) is 0 Å². The van der Waals surface area contributed by atoms with E-state index in [1.165, 1.54) is 17.0 Å². The highest BCUT2D eigenvalue weighted by molar-refractivity contribution is 6.46. The van der Waals surface area contributed by atoms with Crippen LogP contribution in [-0.4, -0.2) is 53.8 Å². The second-order valence-electron chi connectivity index (χ2n) is 7.18. The lowest BCUT2D eigenvalue weighted by molar-refractivity contribution is -0.140. The minimum atomic E-state index is -0.970. The molecule has 3 rings (SSSR count). The van der Waals surface area contributed by atoms with E-state index in [0.717, 1.165) is 5.56 Å². The van der Waals surface area contributed by atoms with Crippen LogP contribution < -0.4 is 0 Å². The first-order chi connectivity index (χ1) is 13.3. The lowest BCUT2D eigenvalue weighted by Gasteiger charge is -2.26. The minimum absolute atomic E-state index is 0.0855. The van der Waals surface area contributed by atoms with Crippen LogP contribution in [0.15, 0.2) is 54.1 Å². The number of ketones is 1. The third-order valence-electron chi connectivity index (χ3n) is 4.85. The summed E-state index contributed by atoms with van der Waals surface area (Å²) in [6.45, 7) is 2.65. The second kappa shape index (κ2) is 7.94. The molecule has 1 aliphatic rings. The monoisotopic (exact) mass is 382 g/mol. The van der Waals surface area contributed by atoms with Gasteiger partial charge in [0.1, 0.15) is 11.6 Å². The number of likely N-dealkylation sites (N-methyl/N-ethyl adjacent to an activating group) is 1. The number of benzene rings is 2. The molecule has 0 aliphatic carbocycles. The molecule has 5 nitrogen and oxygen atoms in total. The lowest BCUT2D eigenvalue weighted by atomic mass is 9.94. The Hall–Kier alpha value is -2.99. The zero-order valence-corrected chi connectivity index (χ0v) is 16.1. The highest BCUT2D eigenvalue weighted by Crippen LogP contribution is 2.40. The van der Waals surface area contributed by atoms with Crippen LogP contribution in [0.4, 0.5) is 4.39 Å². The second-order valence-corrected chi connectivity index (χ2v) is 7.18. The van der Waals surface area contributed by atoms with E-state index < -0.39 is 23.5 Å². The summed E-state index contributed by atoms with van der Waals surface area (Å²) < 4.78 is 14.6. The zero-order chi connectivity index (χ0) is 20.4. The third kappa shape index (κ3) is 3.68. The van der Waals surface area contributed by atoms with Crippen molar-refractivity contribution in [2.45, 2.75) is 13.0 Å². The Morgan fingerprint density at radius 2 is 1.75 bits per heavy atom. The first-order valence-corrected chi connectivity index (χ1v) is 9.06. The molecule has 0 unspecified atom stereocenters. The van der Waals surface area contributed by atoms with Crippen molar-refractivity contribution in [2.75, 3.05) is 27.2 Å². The van der Waals surface area contributed by atoms with Gasteiger partial charge in [-0.3, -0.25) is 9.59 Å². The van der Waals surface area contributed by atoms with Gasteiger partial charge in [0.05, 0.1) is 11.6 Å². The summed E-state index contributed by atoms with van der Waals surface area (Å²) in [6, 6.07) is 12.0. The van der Waals surface area contributed by atoms with Crippen LogP contribution >= 0.6 is 0 Å². The van der Waals surface area contributed by atoms with E-state index in [-0.39, 0.29) is 23.4 Å². The maximum absolute atomic E-state index is 14.6. The first-order valence-electron chi connectivity index (χ1n) is 9.06. The molecule has 1 aliphatic heterocycles. The van der Waals surface area contributed by atoms with Gasteiger partial charge in [0.25, 0.3) is 11.7 Å². The Balaban J connectivity index is 2.16. The number of likely N-dealkylation sites (tertiary alicyclic amines) is 1. The summed E-state index contributed by atoms with van der Waals surface area (Å²) in [5.74, 6) is -2.35. The summed E-state index contributed by atoms with van der Waals surface area (Å²) in [5.41, 5.74) is 1.51. The van der Waals surface area contributed by atoms with Gasteiger partial charge in [-0.1, -0.05) is 48.0 Å². The fourth-order valence-electron chi connectivity index (χ4n) is 3.31. The van der Waals surface area contributed by atoms with Crippen molar-refractivity contribution in [3.63, 3.8) is 0 Å². The van der Waals surface area contributed by atoms with Gasteiger partial charge in [-0.25, -0.2) is 4.39 Å². The largest absolute Gasteiger partial charge is 0.507 e. The molecule has 1 N–H and O–H groups in total. The quantitative estimate of drug-likeness (QED) is 0.490. The number of nitrogens with zero attached hydrogens (tertiary/aromatic N) is 2. The molecule has 2 aromatic carbocycles. The van der Waals surface area contributed by atoms with Crippen LogP contribution in [0.25, 0.3) is 5.76 Å². The predicted octanol–water partition coefficient (Wildman–Crippen LogP) is 3.12. The van der Waals surface area contributed by atoms with E-state index in [1.807, 2.05) is 25.9 Å². The standard InChI is InChI=1S/C22H23FN2O3/c1-14-8-10-15(11-9-14)20(26)18-19(16-6-4-5-7-17(16)23)25(13-12-24(2)3)22(28)21(18)27/h4-11,19,26H,12-13H2,1-3H3/b20-18+/t19-/m1/s1. The zero-order valence-electron chi connectivity index (χ0n) is 16.1. The number of aliphatic hydroxyl groups excluding tert-OH is 1. The van der Waals surface area contributed by atoms with Crippen molar-refractivity contribution in [1.29, 1.82) is 0 Å². The van der Waals surface area contributed by atoms with Gasteiger partial charge >= 0.3 is 0 Å². The fourth-order valence-corrected chi connectivity index (χ4v) is 3.31. The number of aryl methyl sites for hydroxylation is 1. The SMILES string of the molecule is Cc1ccc(/C(O)=C2\C(=O)C(=O)N(CCN(C)C)[C@@H]2c2ccccc2F)cc1. The van der Waals surface area contributed by atoms with Gasteiger partial charge in [-0.2, -0.15) is 0 Å². The molecule has 1 fully saturated rings. The number of hydrogen-bond donors (Lipinski definition) is 1. The van der Waals surface area contributed by atoms with Crippen LogP contribution in [0.3, 0.4) is 0 Å². The molecular weight excluding hydrogens is 359 g/mol. The molecule has 28 heavy (non-hydrogen) atoms. The molecule has 0 saturated carbocycles. The van der Waals surface area contributed by atoms with Crippen molar-refractivity contribution in [3.05, 3.63) is 76.6 Å². The average molecular weight is 382 g/mol. The third-order valence-corrected chi connectivity index (χ3v) is 4.85. The minimum Gasteiger partial charge on any atom is -0.507 e. The molecule has 0 spiro atoms. The predicted molar refractivity (Wildman–Crippen MR) is 105 cm³/mol. The molecule has 1 atom stereocenters. The Labute approximate surface area is 163 Å². The summed E-state index contributed by atoms with van der Waals surface area (Å²) in [4.78, 5) is 28.7. The van der Waals surface area contributed by atoms with Crippen molar-refractivity contribution in [1.82, 2.24) is 9.80 Å². The first kappa shape index (κ1) is 19.8. The average Bonchev–Trinajstić information content (AvgIpc) is 2.91. The van der Waals surface area contributed by atoms with Gasteiger partial charge in [-0.05, 0) is 27.1 Å². The molecular formula is C22H23FN2O3. The van der Waals surface area contributed by atoms with Crippen molar-refractivity contribution < 1.29 is 19.1 Å². The Kier molecular flexibility index (Phi) is 5.61. The van der Waals surface area contributed by atoms with Crippen LogP contribution in [0.2, 0.25) is 0 Å². The number of rotatable bonds is 5. The van der Waals surface area contributed by atoms with Gasteiger partial charge < -0.3 is 14.9 Å². The number of carbonyl (C=O) groups is 2. The molecule has 6 heteroatoms. The highest BCUT2D eigenvalue weighted by atomic mass is 19.1. The molecule has 0 radical (unpaired) electrons. The van der Waals surface area contributed by atoms with E-state index in [1.54, 1.807) is 36.4 Å². The summed E-state index contributed by atoms with van der Waals surface area (Å²) in [6.07, 6.45) is 0. The van der Waals surface area contributed by atoms with Gasteiger partial charge in [0.15, 0.2) is 0 Å². The number of Topliss-reactive ketones (excluding diaryl/α,β-unsaturated/α-hetero) is 1. The molecule has 0 bridgehead atoms. The Morgan fingerprint density at radius 3 is 2.36 bits per heavy atom. The molecule has 1 amide bonds. The number of carbonyl (C=O) groups excluding carboxylic acids is 2. The lowest BCUT2D eigenvalue weighted by Crippen LogP contribution is -2.35. The number of hydrogen-bond acceptors (Lipinski definition) is 4. The number of aliphatic hydroxyl groups is 1. The van der Waals surface area contributed by atoms with Gasteiger partial charge in [0, 0.05) is 24.2 Å². The summed E-state index contributed by atoms with van der Waals surface area (Å²) in [7, 11) is 3.70. The maximum Gasteiger partial charge on any atom is 0.295 e. The molecule has 1 heterocycles.